The Morgan fingerprint density at radius 3 is 2.31 bits per heavy atom. The van der Waals surface area contributed by atoms with Gasteiger partial charge in [0.15, 0.2) is 39.6 Å². The lowest BCUT2D eigenvalue weighted by Crippen LogP contribution is -2.57. The summed E-state index contributed by atoms with van der Waals surface area (Å²) in [7, 11) is -9.72. The van der Waals surface area contributed by atoms with Gasteiger partial charge in [0.1, 0.15) is 16.1 Å². The van der Waals surface area contributed by atoms with E-state index in [4.69, 9.17) is 30.1 Å². The maximum absolute atomic E-state index is 15.5. The largest absolute Gasteiger partial charge is 0.490 e. The molecule has 0 aliphatic carbocycles. The minimum atomic E-state index is -4.39. The van der Waals surface area contributed by atoms with E-state index in [1.54, 1.807) is 13.8 Å². The van der Waals surface area contributed by atoms with Gasteiger partial charge in [-0.15, -0.1) is 0 Å². The summed E-state index contributed by atoms with van der Waals surface area (Å²) in [5.41, 5.74) is -0.726. The number of sulfone groups is 2. The molecule has 2 aromatic rings. The summed E-state index contributed by atoms with van der Waals surface area (Å²) in [5, 5.41) is 0.307. The van der Waals surface area contributed by atoms with Crippen molar-refractivity contribution in [3.05, 3.63) is 58.6 Å². The lowest BCUT2D eigenvalue weighted by Gasteiger charge is -2.50. The third-order valence-corrected chi connectivity index (χ3v) is 14.1. The van der Waals surface area contributed by atoms with E-state index < -0.39 is 67.8 Å². The topological polar surface area (TPSA) is 105 Å². The van der Waals surface area contributed by atoms with Crippen molar-refractivity contribution in [2.24, 2.45) is 5.92 Å². The minimum absolute atomic E-state index is 0.0814. The van der Waals surface area contributed by atoms with Crippen LogP contribution in [0.4, 0.5) is 8.78 Å². The number of benzene rings is 2. The Bertz CT molecular complexity index is 1390. The Kier molecular flexibility index (Phi) is 9.58. The highest BCUT2D eigenvalue weighted by Crippen LogP contribution is 2.56. The Morgan fingerprint density at radius 2 is 1.67 bits per heavy atom. The van der Waals surface area contributed by atoms with Gasteiger partial charge in [0, 0.05) is 17.5 Å². The summed E-state index contributed by atoms with van der Waals surface area (Å²) in [6.07, 6.45) is -1.19. The SMILES string of the molecule is CCOP(CS(=O)(=O)CC[C@@H]1OCC[C@@]2(S(=O)(=O)c3ccc(Cl)cc3)c3c(F)ccc(F)c3OC[C@@H]12)OCC. The fourth-order valence-electron chi connectivity index (χ4n) is 5.26. The molecule has 0 bridgehead atoms. The first-order valence-corrected chi connectivity index (χ1v) is 17.5. The molecule has 216 valence electrons. The van der Waals surface area contributed by atoms with Crippen LogP contribution >= 0.6 is 20.0 Å². The van der Waals surface area contributed by atoms with Gasteiger partial charge in [-0.2, -0.15) is 0 Å². The number of hydrogen-bond donors (Lipinski definition) is 0. The summed E-state index contributed by atoms with van der Waals surface area (Å²) in [6.45, 7) is 3.63. The predicted octanol–water partition coefficient (Wildman–Crippen LogP) is 5.23. The summed E-state index contributed by atoms with van der Waals surface area (Å²) < 4.78 is 105. The van der Waals surface area contributed by atoms with Crippen LogP contribution in [0, 0.1) is 17.6 Å². The number of ether oxygens (including phenoxy) is 2. The standard InChI is InChI=1S/C25H30ClF2O8PS2/c1-3-35-37(36-4-2)16-38(29,30)14-11-22-19-15-34-24-21(28)10-9-20(27)23(24)25(19,12-13-33-22)39(31,32)18-7-5-17(26)6-8-18/h5-10,19,22H,3-4,11-16H2,1-2H3/t19-,22-,25-/m0/s1. The maximum Gasteiger partial charge on any atom is 0.189 e. The molecule has 39 heavy (non-hydrogen) atoms. The predicted molar refractivity (Wildman–Crippen MR) is 143 cm³/mol. The van der Waals surface area contributed by atoms with Gasteiger partial charge >= 0.3 is 0 Å². The maximum atomic E-state index is 15.5. The molecular formula is C25H30ClF2O8PS2. The zero-order valence-corrected chi connectivity index (χ0v) is 24.7. The van der Waals surface area contributed by atoms with Crippen molar-refractivity contribution in [2.45, 2.75) is 42.4 Å². The molecule has 0 amide bonds. The van der Waals surface area contributed by atoms with Gasteiger partial charge in [-0.1, -0.05) is 11.6 Å². The second kappa shape index (κ2) is 12.2. The zero-order valence-electron chi connectivity index (χ0n) is 21.4. The van der Waals surface area contributed by atoms with Gasteiger partial charge < -0.3 is 18.5 Å². The van der Waals surface area contributed by atoms with E-state index in [9.17, 15) is 21.2 Å². The molecule has 0 saturated carbocycles. The van der Waals surface area contributed by atoms with Crippen molar-refractivity contribution in [1.82, 2.24) is 0 Å². The highest BCUT2D eigenvalue weighted by atomic mass is 35.5. The monoisotopic (exact) mass is 626 g/mol. The van der Waals surface area contributed by atoms with Crippen molar-refractivity contribution in [3.8, 4) is 5.75 Å². The number of hydrogen-bond acceptors (Lipinski definition) is 8. The quantitative estimate of drug-likeness (QED) is 0.312. The van der Waals surface area contributed by atoms with Crippen LogP contribution in [0.3, 0.4) is 0 Å². The second-order valence-electron chi connectivity index (χ2n) is 9.19. The molecule has 0 unspecified atom stereocenters. The Balaban J connectivity index is 1.74. The summed E-state index contributed by atoms with van der Waals surface area (Å²) in [5.74, 6) is -3.65. The van der Waals surface area contributed by atoms with Gasteiger partial charge in [0.2, 0.25) is 0 Å². The molecule has 8 nitrogen and oxygen atoms in total. The number of halogens is 3. The molecule has 3 atom stereocenters. The van der Waals surface area contributed by atoms with E-state index in [0.717, 1.165) is 12.1 Å². The van der Waals surface area contributed by atoms with Crippen molar-refractivity contribution in [3.63, 3.8) is 0 Å². The van der Waals surface area contributed by atoms with Crippen LogP contribution in [0.1, 0.15) is 32.3 Å². The van der Waals surface area contributed by atoms with Crippen LogP contribution in [-0.4, -0.2) is 60.6 Å². The Labute approximate surface area is 233 Å². The van der Waals surface area contributed by atoms with E-state index in [2.05, 4.69) is 0 Å². The molecule has 1 saturated heterocycles. The van der Waals surface area contributed by atoms with Crippen LogP contribution in [0.2, 0.25) is 5.02 Å². The average molecular weight is 627 g/mol. The fraction of sp³-hybridized carbons (Fsp3) is 0.520. The molecule has 14 heteroatoms. The molecule has 1 fully saturated rings. The van der Waals surface area contributed by atoms with Crippen LogP contribution in [0.5, 0.6) is 5.75 Å². The fourth-order valence-corrected chi connectivity index (χ4v) is 11.4. The molecule has 2 aliphatic rings. The molecule has 2 heterocycles. The number of rotatable bonds is 11. The van der Waals surface area contributed by atoms with E-state index in [1.165, 1.54) is 24.3 Å². The Hall–Kier alpha value is -1.40. The second-order valence-corrected chi connectivity index (χ2v) is 15.9. The van der Waals surface area contributed by atoms with E-state index in [-0.39, 0.29) is 42.2 Å². The van der Waals surface area contributed by atoms with E-state index >= 15 is 4.39 Å². The summed E-state index contributed by atoms with van der Waals surface area (Å²) in [4.78, 5) is -0.124. The first-order valence-electron chi connectivity index (χ1n) is 12.4. The van der Waals surface area contributed by atoms with E-state index in [1.807, 2.05) is 0 Å². The zero-order chi connectivity index (χ0) is 28.4. The third-order valence-electron chi connectivity index (χ3n) is 6.91. The number of fused-ring (bicyclic) bond motifs is 3. The lowest BCUT2D eigenvalue weighted by molar-refractivity contribution is -0.0732. The lowest BCUT2D eigenvalue weighted by atomic mass is 9.75. The first-order chi connectivity index (χ1) is 18.5. The first kappa shape index (κ1) is 30.6. The van der Waals surface area contributed by atoms with Crippen molar-refractivity contribution < 1.29 is 44.1 Å². The molecule has 4 rings (SSSR count). The highest BCUT2D eigenvalue weighted by molar-refractivity contribution is 7.96. The molecule has 0 N–H and O–H groups in total. The minimum Gasteiger partial charge on any atom is -0.490 e. The summed E-state index contributed by atoms with van der Waals surface area (Å²) >= 11 is 5.98. The van der Waals surface area contributed by atoms with Crippen LogP contribution < -0.4 is 4.74 Å². The van der Waals surface area contributed by atoms with Crippen LogP contribution in [0.25, 0.3) is 0 Å². The molecule has 0 radical (unpaired) electrons. The van der Waals surface area contributed by atoms with Gasteiger partial charge in [-0.25, -0.2) is 25.6 Å². The van der Waals surface area contributed by atoms with Gasteiger partial charge in [0.25, 0.3) is 0 Å². The smallest absolute Gasteiger partial charge is 0.189 e. The Morgan fingerprint density at radius 1 is 1.03 bits per heavy atom. The van der Waals surface area contributed by atoms with E-state index in [0.29, 0.717) is 18.2 Å². The average Bonchev–Trinajstić information content (AvgIpc) is 2.89. The molecular weight excluding hydrogens is 597 g/mol. The normalized spacial score (nSPS) is 23.2. The molecule has 2 aliphatic heterocycles. The van der Waals surface area contributed by atoms with Crippen molar-refractivity contribution in [1.29, 1.82) is 0 Å². The van der Waals surface area contributed by atoms with Gasteiger partial charge in [-0.05, 0) is 63.1 Å². The highest BCUT2D eigenvalue weighted by Gasteiger charge is 2.61. The van der Waals surface area contributed by atoms with Crippen molar-refractivity contribution in [2.75, 3.05) is 37.7 Å². The van der Waals surface area contributed by atoms with Crippen LogP contribution in [-0.2, 0) is 38.2 Å². The molecule has 2 aromatic carbocycles. The van der Waals surface area contributed by atoms with Gasteiger partial charge in [0.05, 0.1) is 42.1 Å². The van der Waals surface area contributed by atoms with Crippen molar-refractivity contribution >= 4 is 39.7 Å². The van der Waals surface area contributed by atoms with Gasteiger partial charge in [-0.3, -0.25) is 0 Å². The van der Waals surface area contributed by atoms with Crippen LogP contribution in [0.15, 0.2) is 41.3 Å². The molecule has 0 spiro atoms. The summed E-state index contributed by atoms with van der Waals surface area (Å²) in [6, 6.07) is 7.19. The third kappa shape index (κ3) is 5.98. The molecule has 0 aromatic heterocycles.